The number of amides is 1. The highest BCUT2D eigenvalue weighted by molar-refractivity contribution is 5.81. The average molecular weight is 230 g/mol. The highest BCUT2D eigenvalue weighted by Gasteiger charge is 2.19. The molecule has 1 N–H and O–H groups in total. The van der Waals surface area contributed by atoms with Crippen molar-refractivity contribution < 1.29 is 14.3 Å². The average Bonchev–Trinajstić information content (AvgIpc) is 2.35. The SMILES string of the molecule is CCN(C)C(=O)C(C)NCC1CCOCO1. The van der Waals surface area contributed by atoms with Gasteiger partial charge in [0.1, 0.15) is 6.79 Å². The van der Waals surface area contributed by atoms with Crippen molar-refractivity contribution in [2.45, 2.75) is 32.4 Å². The van der Waals surface area contributed by atoms with E-state index in [2.05, 4.69) is 5.32 Å². The molecule has 1 saturated heterocycles. The van der Waals surface area contributed by atoms with Crippen LogP contribution in [0, 0.1) is 0 Å². The lowest BCUT2D eigenvalue weighted by Gasteiger charge is -2.26. The smallest absolute Gasteiger partial charge is 0.239 e. The van der Waals surface area contributed by atoms with E-state index in [0.29, 0.717) is 13.3 Å². The summed E-state index contributed by atoms with van der Waals surface area (Å²) in [5, 5.41) is 3.20. The molecule has 2 unspecified atom stereocenters. The molecule has 94 valence electrons. The number of likely N-dealkylation sites (N-methyl/N-ethyl adjacent to an activating group) is 1. The van der Waals surface area contributed by atoms with Crippen molar-refractivity contribution in [1.82, 2.24) is 10.2 Å². The van der Waals surface area contributed by atoms with Crippen LogP contribution in [0.1, 0.15) is 20.3 Å². The van der Waals surface area contributed by atoms with Gasteiger partial charge >= 0.3 is 0 Å². The first-order valence-corrected chi connectivity index (χ1v) is 5.82. The quantitative estimate of drug-likeness (QED) is 0.733. The van der Waals surface area contributed by atoms with E-state index in [-0.39, 0.29) is 18.1 Å². The van der Waals surface area contributed by atoms with Gasteiger partial charge in [-0.3, -0.25) is 4.79 Å². The highest BCUT2D eigenvalue weighted by Crippen LogP contribution is 2.05. The molecule has 0 spiro atoms. The molecule has 5 nitrogen and oxygen atoms in total. The zero-order chi connectivity index (χ0) is 12.0. The zero-order valence-corrected chi connectivity index (χ0v) is 10.4. The van der Waals surface area contributed by atoms with Gasteiger partial charge in [0.25, 0.3) is 0 Å². The molecule has 16 heavy (non-hydrogen) atoms. The summed E-state index contributed by atoms with van der Waals surface area (Å²) in [7, 11) is 1.81. The minimum Gasteiger partial charge on any atom is -0.355 e. The molecule has 1 amide bonds. The van der Waals surface area contributed by atoms with Crippen LogP contribution >= 0.6 is 0 Å². The van der Waals surface area contributed by atoms with Gasteiger partial charge in [0.2, 0.25) is 5.91 Å². The van der Waals surface area contributed by atoms with Gasteiger partial charge in [0, 0.05) is 20.1 Å². The van der Waals surface area contributed by atoms with E-state index in [9.17, 15) is 4.79 Å². The molecule has 0 radical (unpaired) electrons. The zero-order valence-electron chi connectivity index (χ0n) is 10.4. The summed E-state index contributed by atoms with van der Waals surface area (Å²) in [5.41, 5.74) is 0. The predicted molar refractivity (Wildman–Crippen MR) is 61.1 cm³/mol. The molecule has 0 aromatic rings. The van der Waals surface area contributed by atoms with Crippen LogP contribution in [0.3, 0.4) is 0 Å². The van der Waals surface area contributed by atoms with Crippen LogP contribution in [0.2, 0.25) is 0 Å². The van der Waals surface area contributed by atoms with Crippen LogP contribution in [0.25, 0.3) is 0 Å². The Bertz CT molecular complexity index is 217. The summed E-state index contributed by atoms with van der Waals surface area (Å²) >= 11 is 0. The molecule has 2 atom stereocenters. The van der Waals surface area contributed by atoms with E-state index in [0.717, 1.165) is 19.6 Å². The standard InChI is InChI=1S/C11H22N2O3/c1-4-13(3)11(14)9(2)12-7-10-5-6-15-8-16-10/h9-10,12H,4-8H2,1-3H3. The Balaban J connectivity index is 2.22. The van der Waals surface area contributed by atoms with Gasteiger partial charge in [0.15, 0.2) is 0 Å². The largest absolute Gasteiger partial charge is 0.355 e. The molecule has 0 aromatic carbocycles. The number of carbonyl (C=O) groups is 1. The van der Waals surface area contributed by atoms with Crippen molar-refractivity contribution >= 4 is 5.91 Å². The second-order valence-electron chi connectivity index (χ2n) is 4.09. The van der Waals surface area contributed by atoms with E-state index in [4.69, 9.17) is 9.47 Å². The number of rotatable bonds is 5. The van der Waals surface area contributed by atoms with E-state index < -0.39 is 0 Å². The molecule has 5 heteroatoms. The van der Waals surface area contributed by atoms with E-state index in [1.165, 1.54) is 0 Å². The van der Waals surface area contributed by atoms with Crippen LogP contribution in [-0.2, 0) is 14.3 Å². The van der Waals surface area contributed by atoms with Crippen molar-refractivity contribution in [2.24, 2.45) is 0 Å². The minimum absolute atomic E-state index is 0.120. The number of carbonyl (C=O) groups excluding carboxylic acids is 1. The number of ether oxygens (including phenoxy) is 2. The first-order chi connectivity index (χ1) is 7.65. The summed E-state index contributed by atoms with van der Waals surface area (Å²) in [6.45, 7) is 6.39. The van der Waals surface area contributed by atoms with Gasteiger partial charge in [-0.1, -0.05) is 0 Å². The van der Waals surface area contributed by atoms with Crippen LogP contribution < -0.4 is 5.32 Å². The maximum Gasteiger partial charge on any atom is 0.239 e. The third-order valence-corrected chi connectivity index (χ3v) is 2.84. The monoisotopic (exact) mass is 230 g/mol. The fourth-order valence-corrected chi connectivity index (χ4v) is 1.54. The van der Waals surface area contributed by atoms with Crippen LogP contribution in [0.4, 0.5) is 0 Å². The molecule has 0 aromatic heterocycles. The van der Waals surface area contributed by atoms with Gasteiger partial charge in [-0.05, 0) is 20.3 Å². The maximum atomic E-state index is 11.7. The Hall–Kier alpha value is -0.650. The lowest BCUT2D eigenvalue weighted by Crippen LogP contribution is -2.46. The third-order valence-electron chi connectivity index (χ3n) is 2.84. The van der Waals surface area contributed by atoms with Crippen LogP contribution in [0.15, 0.2) is 0 Å². The fourth-order valence-electron chi connectivity index (χ4n) is 1.54. The molecular weight excluding hydrogens is 208 g/mol. The summed E-state index contributed by atoms with van der Waals surface area (Å²) < 4.78 is 10.5. The van der Waals surface area contributed by atoms with Crippen molar-refractivity contribution in [3.05, 3.63) is 0 Å². The second kappa shape index (κ2) is 6.83. The Kier molecular flexibility index (Phi) is 5.73. The maximum absolute atomic E-state index is 11.7. The van der Waals surface area contributed by atoms with E-state index in [1.807, 2.05) is 20.9 Å². The Morgan fingerprint density at radius 1 is 1.62 bits per heavy atom. The summed E-state index contributed by atoms with van der Waals surface area (Å²) in [6.07, 6.45) is 1.05. The predicted octanol–water partition coefficient (Wildman–Crippen LogP) is 0.206. The van der Waals surface area contributed by atoms with Gasteiger partial charge in [-0.2, -0.15) is 0 Å². The molecule has 1 fully saturated rings. The van der Waals surface area contributed by atoms with Crippen molar-refractivity contribution in [3.63, 3.8) is 0 Å². The second-order valence-corrected chi connectivity index (χ2v) is 4.09. The molecule has 1 rings (SSSR count). The van der Waals surface area contributed by atoms with Crippen LogP contribution in [-0.4, -0.2) is 56.5 Å². The molecular formula is C11H22N2O3. The lowest BCUT2D eigenvalue weighted by atomic mass is 10.2. The van der Waals surface area contributed by atoms with E-state index >= 15 is 0 Å². The third kappa shape index (κ3) is 4.08. The Labute approximate surface area is 97.1 Å². The summed E-state index contributed by atoms with van der Waals surface area (Å²) in [6, 6.07) is -0.156. The first kappa shape index (κ1) is 13.4. The number of hydrogen-bond donors (Lipinski definition) is 1. The molecule has 1 heterocycles. The van der Waals surface area contributed by atoms with Crippen molar-refractivity contribution in [2.75, 3.05) is 33.5 Å². The van der Waals surface area contributed by atoms with Crippen LogP contribution in [0.5, 0.6) is 0 Å². The molecule has 0 aliphatic carbocycles. The molecule has 0 bridgehead atoms. The van der Waals surface area contributed by atoms with Gasteiger partial charge in [-0.25, -0.2) is 0 Å². The molecule has 1 aliphatic heterocycles. The number of hydrogen-bond acceptors (Lipinski definition) is 4. The first-order valence-electron chi connectivity index (χ1n) is 5.82. The van der Waals surface area contributed by atoms with Gasteiger partial charge in [0.05, 0.1) is 18.8 Å². The van der Waals surface area contributed by atoms with E-state index in [1.54, 1.807) is 4.90 Å². The molecule has 1 aliphatic rings. The van der Waals surface area contributed by atoms with Gasteiger partial charge < -0.3 is 19.7 Å². The van der Waals surface area contributed by atoms with Gasteiger partial charge in [-0.15, -0.1) is 0 Å². The topological polar surface area (TPSA) is 50.8 Å². The minimum atomic E-state index is -0.156. The number of nitrogens with zero attached hydrogens (tertiary/aromatic N) is 1. The molecule has 0 saturated carbocycles. The fraction of sp³-hybridized carbons (Fsp3) is 0.909. The van der Waals surface area contributed by atoms with Crippen molar-refractivity contribution in [1.29, 1.82) is 0 Å². The highest BCUT2D eigenvalue weighted by atomic mass is 16.7. The Morgan fingerprint density at radius 3 is 2.94 bits per heavy atom. The summed E-state index contributed by atoms with van der Waals surface area (Å²) in [5.74, 6) is 0.120. The lowest BCUT2D eigenvalue weighted by molar-refractivity contribution is -0.139. The normalized spacial score (nSPS) is 22.8. The number of nitrogens with one attached hydrogen (secondary N) is 1. The summed E-state index contributed by atoms with van der Waals surface area (Å²) in [4.78, 5) is 13.5. The Morgan fingerprint density at radius 2 is 2.38 bits per heavy atom. The van der Waals surface area contributed by atoms with Crippen molar-refractivity contribution in [3.8, 4) is 0 Å².